The van der Waals surface area contributed by atoms with Crippen molar-refractivity contribution < 1.29 is 4.39 Å². The van der Waals surface area contributed by atoms with Gasteiger partial charge in [0.2, 0.25) is 0 Å². The van der Waals surface area contributed by atoms with Crippen molar-refractivity contribution in [2.24, 2.45) is 5.92 Å². The molecule has 1 saturated heterocycles. The zero-order chi connectivity index (χ0) is 9.97. The SMILES string of the molecule is CN1CCC(CF)[C@H]1c1cccnc1. The molecule has 0 radical (unpaired) electrons. The fourth-order valence-corrected chi connectivity index (χ4v) is 2.27. The number of aromatic nitrogens is 1. The summed E-state index contributed by atoms with van der Waals surface area (Å²) in [5.41, 5.74) is 1.13. The van der Waals surface area contributed by atoms with Crippen LogP contribution in [0.15, 0.2) is 24.5 Å². The molecule has 0 N–H and O–H groups in total. The van der Waals surface area contributed by atoms with E-state index >= 15 is 0 Å². The summed E-state index contributed by atoms with van der Waals surface area (Å²) in [6.45, 7) is 0.748. The maximum Gasteiger partial charge on any atom is 0.0941 e. The Balaban J connectivity index is 2.23. The van der Waals surface area contributed by atoms with Gasteiger partial charge >= 0.3 is 0 Å². The van der Waals surface area contributed by atoms with Crippen LogP contribution in [0.25, 0.3) is 0 Å². The van der Waals surface area contributed by atoms with Gasteiger partial charge in [-0.3, -0.25) is 14.3 Å². The first kappa shape index (κ1) is 9.59. The van der Waals surface area contributed by atoms with Crippen LogP contribution in [-0.2, 0) is 0 Å². The van der Waals surface area contributed by atoms with E-state index < -0.39 is 0 Å². The van der Waals surface area contributed by atoms with E-state index in [1.54, 1.807) is 6.20 Å². The molecular weight excluding hydrogens is 179 g/mol. The summed E-state index contributed by atoms with van der Waals surface area (Å²) in [5, 5.41) is 0. The second kappa shape index (κ2) is 4.05. The second-order valence-electron chi connectivity index (χ2n) is 3.91. The van der Waals surface area contributed by atoms with Crippen molar-refractivity contribution in [3.05, 3.63) is 30.1 Å². The Morgan fingerprint density at radius 1 is 1.64 bits per heavy atom. The number of rotatable bonds is 2. The number of pyridine rings is 1. The van der Waals surface area contributed by atoms with Gasteiger partial charge in [-0.25, -0.2) is 0 Å². The van der Waals surface area contributed by atoms with Crippen molar-refractivity contribution in [3.8, 4) is 0 Å². The van der Waals surface area contributed by atoms with Crippen molar-refractivity contribution >= 4 is 0 Å². The van der Waals surface area contributed by atoms with E-state index in [9.17, 15) is 4.39 Å². The molecule has 1 fully saturated rings. The predicted octanol–water partition coefficient (Wildman–Crippen LogP) is 2.04. The molecule has 0 aliphatic carbocycles. The molecule has 0 amide bonds. The van der Waals surface area contributed by atoms with E-state index in [4.69, 9.17) is 0 Å². The van der Waals surface area contributed by atoms with Gasteiger partial charge in [0.05, 0.1) is 6.67 Å². The first-order valence-corrected chi connectivity index (χ1v) is 4.99. The van der Waals surface area contributed by atoms with Crippen LogP contribution in [0.1, 0.15) is 18.0 Å². The van der Waals surface area contributed by atoms with Crippen molar-refractivity contribution in [1.82, 2.24) is 9.88 Å². The number of nitrogens with zero attached hydrogens (tertiary/aromatic N) is 2. The van der Waals surface area contributed by atoms with E-state index in [0.29, 0.717) is 0 Å². The molecule has 2 atom stereocenters. The van der Waals surface area contributed by atoms with Crippen LogP contribution >= 0.6 is 0 Å². The molecule has 1 aromatic heterocycles. The summed E-state index contributed by atoms with van der Waals surface area (Å²) in [6.07, 6.45) is 4.55. The van der Waals surface area contributed by atoms with Gasteiger partial charge in [-0.1, -0.05) is 6.07 Å². The Kier molecular flexibility index (Phi) is 2.77. The molecule has 1 aliphatic heterocycles. The first-order valence-electron chi connectivity index (χ1n) is 4.99. The minimum Gasteiger partial charge on any atom is -0.299 e. The molecule has 0 bridgehead atoms. The Morgan fingerprint density at radius 2 is 2.50 bits per heavy atom. The van der Waals surface area contributed by atoms with Crippen molar-refractivity contribution in [2.45, 2.75) is 12.5 Å². The highest BCUT2D eigenvalue weighted by molar-refractivity contribution is 5.16. The molecule has 2 nitrogen and oxygen atoms in total. The highest BCUT2D eigenvalue weighted by Gasteiger charge is 2.32. The summed E-state index contributed by atoms with van der Waals surface area (Å²) in [5.74, 6) is 0.143. The quantitative estimate of drug-likeness (QED) is 0.716. The average molecular weight is 194 g/mol. The third-order valence-corrected chi connectivity index (χ3v) is 3.00. The van der Waals surface area contributed by atoms with Crippen molar-refractivity contribution in [1.29, 1.82) is 0 Å². The lowest BCUT2D eigenvalue weighted by Crippen LogP contribution is -2.22. The molecule has 2 rings (SSSR count). The summed E-state index contributed by atoms with van der Waals surface area (Å²) in [4.78, 5) is 6.29. The van der Waals surface area contributed by atoms with Crippen LogP contribution in [0.5, 0.6) is 0 Å². The number of alkyl halides is 1. The van der Waals surface area contributed by atoms with Gasteiger partial charge in [0, 0.05) is 24.4 Å². The Hall–Kier alpha value is -0.960. The van der Waals surface area contributed by atoms with E-state index in [1.807, 2.05) is 25.4 Å². The van der Waals surface area contributed by atoms with Gasteiger partial charge in [0.25, 0.3) is 0 Å². The summed E-state index contributed by atoms with van der Waals surface area (Å²) < 4.78 is 12.8. The number of hydrogen-bond donors (Lipinski definition) is 0. The largest absolute Gasteiger partial charge is 0.299 e. The van der Waals surface area contributed by atoms with Gasteiger partial charge < -0.3 is 0 Å². The highest BCUT2D eigenvalue weighted by atomic mass is 19.1. The van der Waals surface area contributed by atoms with E-state index in [0.717, 1.165) is 18.5 Å². The van der Waals surface area contributed by atoms with Gasteiger partial charge in [0.15, 0.2) is 0 Å². The number of hydrogen-bond acceptors (Lipinski definition) is 2. The zero-order valence-electron chi connectivity index (χ0n) is 8.36. The lowest BCUT2D eigenvalue weighted by molar-refractivity contribution is 0.245. The Bertz CT molecular complexity index is 289. The van der Waals surface area contributed by atoms with Crippen LogP contribution in [0.2, 0.25) is 0 Å². The zero-order valence-corrected chi connectivity index (χ0v) is 8.36. The van der Waals surface area contributed by atoms with Crippen LogP contribution in [0, 0.1) is 5.92 Å². The van der Waals surface area contributed by atoms with Crippen LogP contribution in [0.4, 0.5) is 4.39 Å². The van der Waals surface area contributed by atoms with E-state index in [2.05, 4.69) is 9.88 Å². The van der Waals surface area contributed by atoms with Crippen molar-refractivity contribution in [3.63, 3.8) is 0 Å². The summed E-state index contributed by atoms with van der Waals surface area (Å²) >= 11 is 0. The van der Waals surface area contributed by atoms with Crippen LogP contribution in [0.3, 0.4) is 0 Å². The molecule has 0 spiro atoms. The lowest BCUT2D eigenvalue weighted by Gasteiger charge is -2.23. The molecule has 14 heavy (non-hydrogen) atoms. The van der Waals surface area contributed by atoms with Gasteiger partial charge in [-0.15, -0.1) is 0 Å². The Labute approximate surface area is 83.8 Å². The molecule has 2 heterocycles. The topological polar surface area (TPSA) is 16.1 Å². The average Bonchev–Trinajstić information content (AvgIpc) is 2.61. The van der Waals surface area contributed by atoms with Crippen LogP contribution in [-0.4, -0.2) is 30.2 Å². The van der Waals surface area contributed by atoms with Crippen molar-refractivity contribution in [2.75, 3.05) is 20.3 Å². The first-order chi connectivity index (χ1) is 6.83. The molecule has 0 saturated carbocycles. The monoisotopic (exact) mass is 194 g/mol. The molecule has 1 aromatic rings. The minimum atomic E-state index is -0.232. The molecule has 3 heteroatoms. The van der Waals surface area contributed by atoms with Gasteiger partial charge in [-0.05, 0) is 31.6 Å². The maximum absolute atomic E-state index is 12.8. The third-order valence-electron chi connectivity index (χ3n) is 3.00. The fourth-order valence-electron chi connectivity index (χ4n) is 2.27. The third kappa shape index (κ3) is 1.64. The normalized spacial score (nSPS) is 28.1. The summed E-state index contributed by atoms with van der Waals surface area (Å²) in [7, 11) is 2.05. The fraction of sp³-hybridized carbons (Fsp3) is 0.545. The van der Waals surface area contributed by atoms with Crippen LogP contribution < -0.4 is 0 Å². The molecule has 76 valence electrons. The van der Waals surface area contributed by atoms with Gasteiger partial charge in [0.1, 0.15) is 0 Å². The molecule has 0 aromatic carbocycles. The second-order valence-corrected chi connectivity index (χ2v) is 3.91. The smallest absolute Gasteiger partial charge is 0.0941 e. The lowest BCUT2D eigenvalue weighted by atomic mass is 9.96. The number of halogens is 1. The Morgan fingerprint density at radius 3 is 3.14 bits per heavy atom. The predicted molar refractivity (Wildman–Crippen MR) is 53.7 cm³/mol. The minimum absolute atomic E-state index is 0.143. The highest BCUT2D eigenvalue weighted by Crippen LogP contribution is 2.35. The van der Waals surface area contributed by atoms with E-state index in [1.165, 1.54) is 0 Å². The van der Waals surface area contributed by atoms with Gasteiger partial charge in [-0.2, -0.15) is 0 Å². The molecular formula is C11H15FN2. The summed E-state index contributed by atoms with van der Waals surface area (Å²) in [6, 6.07) is 4.16. The standard InChI is InChI=1S/C11H15FN2/c1-14-6-4-9(7-12)11(14)10-3-2-5-13-8-10/h2-3,5,8-9,11H,4,6-7H2,1H3/t9?,11-/m0/s1. The molecule has 1 unspecified atom stereocenters. The number of likely N-dealkylation sites (tertiary alicyclic amines) is 1. The molecule has 1 aliphatic rings. The maximum atomic E-state index is 12.8. The van der Waals surface area contributed by atoms with E-state index in [-0.39, 0.29) is 18.6 Å².